The van der Waals surface area contributed by atoms with Crippen molar-refractivity contribution in [1.82, 2.24) is 19.6 Å². The van der Waals surface area contributed by atoms with Gasteiger partial charge in [-0.05, 0) is 34.6 Å². The Labute approximate surface area is 157 Å². The van der Waals surface area contributed by atoms with E-state index in [-0.39, 0.29) is 5.69 Å². The monoisotopic (exact) mass is 410 g/mol. The van der Waals surface area contributed by atoms with E-state index < -0.39 is 43.8 Å². The Morgan fingerprint density at radius 1 is 1.31 bits per heavy atom. The Bertz CT molecular complexity index is 797. The lowest BCUT2D eigenvalue weighted by Crippen LogP contribution is -2.51. The highest BCUT2D eigenvalue weighted by molar-refractivity contribution is 7.89. The fraction of sp³-hybridized carbons (Fsp3) is 0.643. The molecule has 1 heterocycles. The molecule has 0 saturated carbocycles. The molecule has 0 aromatic carbocycles. The predicted octanol–water partition coefficient (Wildman–Crippen LogP) is 1.70. The van der Waals surface area contributed by atoms with Crippen LogP contribution < -0.4 is 4.83 Å². The molecule has 26 heavy (non-hydrogen) atoms. The summed E-state index contributed by atoms with van der Waals surface area (Å²) in [6.45, 7) is 8.13. The van der Waals surface area contributed by atoms with Crippen LogP contribution in [0.3, 0.4) is 0 Å². The average molecular weight is 411 g/mol. The van der Waals surface area contributed by atoms with Gasteiger partial charge in [0.1, 0.15) is 10.6 Å². The summed E-state index contributed by atoms with van der Waals surface area (Å²) in [6, 6.07) is -0.567. The number of amides is 1. The largest absolute Gasteiger partial charge is 0.464 e. The summed E-state index contributed by atoms with van der Waals surface area (Å²) in [7, 11) is -1.91. The minimum atomic E-state index is -4.38. The Kier molecular flexibility index (Phi) is 6.66. The molecular formula is C14H23ClN4O6S. The zero-order chi connectivity index (χ0) is 20.4. The zero-order valence-corrected chi connectivity index (χ0v) is 17.2. The summed E-state index contributed by atoms with van der Waals surface area (Å²) in [5, 5.41) is 3.52. The normalized spacial score (nSPS) is 12.2. The highest BCUT2D eigenvalue weighted by atomic mass is 35.5. The SMILES string of the molecule is COC(=O)c1c(Cl)c(S(=O)(=O)NN(C(=O)OC(C)(C)C)C(C)C)nn1C. The van der Waals surface area contributed by atoms with E-state index >= 15 is 0 Å². The van der Waals surface area contributed by atoms with Gasteiger partial charge < -0.3 is 9.47 Å². The molecule has 0 aliphatic carbocycles. The molecule has 0 aliphatic heterocycles. The first kappa shape index (κ1) is 22.2. The fourth-order valence-electron chi connectivity index (χ4n) is 1.80. The zero-order valence-electron chi connectivity index (χ0n) is 15.7. The van der Waals surface area contributed by atoms with E-state index in [0.29, 0.717) is 0 Å². The number of hydrogen-bond donors (Lipinski definition) is 1. The molecule has 1 aromatic heterocycles. The van der Waals surface area contributed by atoms with E-state index in [1.54, 1.807) is 34.6 Å². The number of carbonyl (C=O) groups is 2. The minimum absolute atomic E-state index is 0.233. The second-order valence-corrected chi connectivity index (χ2v) is 8.58. The lowest BCUT2D eigenvalue weighted by atomic mass is 10.2. The summed E-state index contributed by atoms with van der Waals surface area (Å²) < 4.78 is 36.0. The Morgan fingerprint density at radius 3 is 2.27 bits per heavy atom. The van der Waals surface area contributed by atoms with Crippen LogP contribution in [0.1, 0.15) is 45.1 Å². The summed E-state index contributed by atoms with van der Waals surface area (Å²) in [5.74, 6) is -0.848. The highest BCUT2D eigenvalue weighted by Gasteiger charge is 2.34. The first-order chi connectivity index (χ1) is 11.7. The van der Waals surface area contributed by atoms with E-state index in [1.165, 1.54) is 7.05 Å². The maximum absolute atomic E-state index is 12.6. The molecule has 1 N–H and O–H groups in total. The number of ether oxygens (including phenoxy) is 2. The van der Waals surface area contributed by atoms with Crippen molar-refractivity contribution in [3.8, 4) is 0 Å². The van der Waals surface area contributed by atoms with Crippen molar-refractivity contribution in [1.29, 1.82) is 0 Å². The number of hydrogen-bond acceptors (Lipinski definition) is 7. The summed E-state index contributed by atoms with van der Waals surface area (Å²) >= 11 is 6.00. The maximum atomic E-state index is 12.6. The third kappa shape index (κ3) is 5.08. The number of nitrogens with zero attached hydrogens (tertiary/aromatic N) is 3. The lowest BCUT2D eigenvalue weighted by molar-refractivity contribution is 0.0135. The fourth-order valence-corrected chi connectivity index (χ4v) is 3.54. The van der Waals surface area contributed by atoms with Crippen molar-refractivity contribution in [2.75, 3.05) is 7.11 Å². The number of carbonyl (C=O) groups excluding carboxylic acids is 2. The molecule has 0 saturated heterocycles. The van der Waals surface area contributed by atoms with Crippen molar-refractivity contribution in [3.63, 3.8) is 0 Å². The van der Waals surface area contributed by atoms with Crippen LogP contribution in [0, 0.1) is 0 Å². The Balaban J connectivity index is 3.25. The molecule has 10 nitrogen and oxygen atoms in total. The molecule has 0 bridgehead atoms. The molecule has 12 heteroatoms. The molecule has 0 unspecified atom stereocenters. The smallest absolute Gasteiger partial charge is 0.425 e. The third-order valence-electron chi connectivity index (χ3n) is 2.92. The van der Waals surface area contributed by atoms with Gasteiger partial charge in [-0.1, -0.05) is 11.6 Å². The van der Waals surface area contributed by atoms with Crippen molar-refractivity contribution in [3.05, 3.63) is 10.7 Å². The molecule has 1 rings (SSSR count). The van der Waals surface area contributed by atoms with E-state index in [2.05, 4.69) is 14.7 Å². The summed E-state index contributed by atoms with van der Waals surface area (Å²) in [5.41, 5.74) is -1.06. The van der Waals surface area contributed by atoms with Gasteiger partial charge in [0.05, 0.1) is 7.11 Å². The molecular weight excluding hydrogens is 388 g/mol. The van der Waals surface area contributed by atoms with Crippen LogP contribution in [0.5, 0.6) is 0 Å². The van der Waals surface area contributed by atoms with Crippen LogP contribution in [-0.2, 0) is 26.5 Å². The van der Waals surface area contributed by atoms with Gasteiger partial charge in [-0.3, -0.25) is 4.68 Å². The van der Waals surface area contributed by atoms with Crippen molar-refractivity contribution >= 4 is 33.7 Å². The lowest BCUT2D eigenvalue weighted by Gasteiger charge is -2.29. The first-order valence-corrected chi connectivity index (χ1v) is 9.43. The topological polar surface area (TPSA) is 120 Å². The molecule has 0 spiro atoms. The van der Waals surface area contributed by atoms with Gasteiger partial charge >= 0.3 is 12.1 Å². The second-order valence-electron chi connectivity index (χ2n) is 6.62. The Hall–Kier alpha value is -1.85. The van der Waals surface area contributed by atoms with Crippen LogP contribution in [0.25, 0.3) is 0 Å². The number of nitrogens with one attached hydrogen (secondary N) is 1. The van der Waals surface area contributed by atoms with Gasteiger partial charge in [0, 0.05) is 13.1 Å². The number of rotatable bonds is 5. The van der Waals surface area contributed by atoms with Gasteiger partial charge in [0.15, 0.2) is 5.69 Å². The number of hydrazine groups is 1. The van der Waals surface area contributed by atoms with Gasteiger partial charge in [-0.25, -0.2) is 23.0 Å². The molecule has 0 atom stereocenters. The van der Waals surface area contributed by atoms with Crippen LogP contribution in [0.15, 0.2) is 5.03 Å². The predicted molar refractivity (Wildman–Crippen MR) is 93.1 cm³/mol. The number of aryl methyl sites for hydroxylation is 1. The number of methoxy groups -OCH3 is 1. The van der Waals surface area contributed by atoms with Crippen LogP contribution >= 0.6 is 11.6 Å². The number of aromatic nitrogens is 2. The maximum Gasteiger partial charge on any atom is 0.425 e. The standard InChI is InChI=1S/C14H23ClN4O6S/c1-8(2)19(13(21)25-14(3,4)5)17-26(22,23)11-9(15)10(12(20)24-7)18(6)16-11/h8,17H,1-7H3. The molecule has 1 aromatic rings. The summed E-state index contributed by atoms with van der Waals surface area (Å²) in [6.07, 6.45) is -0.892. The number of esters is 1. The van der Waals surface area contributed by atoms with E-state index in [4.69, 9.17) is 16.3 Å². The number of sulfonamides is 1. The molecule has 0 radical (unpaired) electrons. The molecule has 0 fully saturated rings. The van der Waals surface area contributed by atoms with Crippen molar-refractivity contribution in [2.45, 2.75) is 51.3 Å². The average Bonchev–Trinajstić information content (AvgIpc) is 2.77. The molecule has 148 valence electrons. The highest BCUT2D eigenvalue weighted by Crippen LogP contribution is 2.25. The van der Waals surface area contributed by atoms with Gasteiger partial charge in [0.2, 0.25) is 5.03 Å². The molecule has 0 aliphatic rings. The van der Waals surface area contributed by atoms with Crippen LogP contribution in [-0.4, -0.2) is 54.0 Å². The Morgan fingerprint density at radius 2 is 1.85 bits per heavy atom. The second kappa shape index (κ2) is 7.80. The van der Waals surface area contributed by atoms with Crippen molar-refractivity contribution in [2.24, 2.45) is 7.05 Å². The van der Waals surface area contributed by atoms with E-state index in [1.807, 2.05) is 0 Å². The summed E-state index contributed by atoms with van der Waals surface area (Å²) in [4.78, 5) is 26.1. The van der Waals surface area contributed by atoms with Gasteiger partial charge in [0.25, 0.3) is 10.0 Å². The first-order valence-electron chi connectivity index (χ1n) is 7.56. The third-order valence-corrected chi connectivity index (χ3v) is 4.62. The minimum Gasteiger partial charge on any atom is -0.464 e. The van der Waals surface area contributed by atoms with E-state index in [0.717, 1.165) is 16.8 Å². The van der Waals surface area contributed by atoms with Gasteiger partial charge in [-0.2, -0.15) is 5.10 Å². The van der Waals surface area contributed by atoms with Crippen LogP contribution in [0.4, 0.5) is 4.79 Å². The molecule has 1 amide bonds. The van der Waals surface area contributed by atoms with Crippen LogP contribution in [0.2, 0.25) is 5.02 Å². The van der Waals surface area contributed by atoms with Gasteiger partial charge in [-0.15, -0.1) is 4.83 Å². The van der Waals surface area contributed by atoms with E-state index in [9.17, 15) is 18.0 Å². The van der Waals surface area contributed by atoms with Crippen molar-refractivity contribution < 1.29 is 27.5 Å². The number of halogens is 1. The quantitative estimate of drug-likeness (QED) is 0.579.